The maximum Gasteiger partial charge on any atom is 0.319 e. The lowest BCUT2D eigenvalue weighted by molar-refractivity contribution is 0.0388. The minimum atomic E-state index is -0.280. The number of anilines is 2. The Morgan fingerprint density at radius 2 is 1.77 bits per heavy atom. The highest BCUT2D eigenvalue weighted by Gasteiger charge is 2.13. The number of amides is 2. The molecule has 10 nitrogen and oxygen atoms in total. The van der Waals surface area contributed by atoms with Crippen molar-refractivity contribution in [1.29, 1.82) is 0 Å². The van der Waals surface area contributed by atoms with Crippen LogP contribution in [-0.4, -0.2) is 71.9 Å². The van der Waals surface area contributed by atoms with E-state index < -0.39 is 0 Å². The number of halogens is 1. The third-order valence-electron chi connectivity index (χ3n) is 6.41. The summed E-state index contributed by atoms with van der Waals surface area (Å²) in [5, 5.41) is 8.93. The number of rotatable bonds is 10. The molecule has 208 valence electrons. The zero-order valence-corrected chi connectivity index (χ0v) is 22.3. The Labute approximate surface area is 231 Å². The summed E-state index contributed by atoms with van der Waals surface area (Å²) in [5.74, 6) is 0.495. The van der Waals surface area contributed by atoms with Gasteiger partial charge in [0.25, 0.3) is 0 Å². The molecule has 2 amide bonds. The Bertz CT molecular complexity index is 1430. The van der Waals surface area contributed by atoms with E-state index >= 15 is 0 Å². The molecule has 0 spiro atoms. The number of benzene rings is 2. The van der Waals surface area contributed by atoms with Gasteiger partial charge in [0.05, 0.1) is 31.0 Å². The van der Waals surface area contributed by atoms with Crippen molar-refractivity contribution in [2.75, 3.05) is 56.6 Å². The summed E-state index contributed by atoms with van der Waals surface area (Å²) in [4.78, 5) is 28.4. The number of nitrogens with zero attached hydrogens (tertiary/aromatic N) is 4. The zero-order chi connectivity index (χ0) is 27.7. The maximum atomic E-state index is 13.2. The molecule has 4 aromatic rings. The molecule has 2 aromatic carbocycles. The molecule has 0 atom stereocenters. The van der Waals surface area contributed by atoms with Crippen LogP contribution < -0.4 is 20.7 Å². The number of pyridine rings is 1. The summed E-state index contributed by atoms with van der Waals surface area (Å²) < 4.78 is 24.3. The molecular formula is C29H32FN7O3. The Morgan fingerprint density at radius 3 is 2.52 bits per heavy atom. The van der Waals surface area contributed by atoms with Crippen LogP contribution in [0.1, 0.15) is 12.5 Å². The van der Waals surface area contributed by atoms with E-state index in [0.29, 0.717) is 48.2 Å². The third-order valence-corrected chi connectivity index (χ3v) is 6.41. The third kappa shape index (κ3) is 7.19. The molecule has 11 heteroatoms. The quantitative estimate of drug-likeness (QED) is 0.270. The first-order valence-electron chi connectivity index (χ1n) is 13.3. The largest absolute Gasteiger partial charge is 0.476 e. The van der Waals surface area contributed by atoms with Gasteiger partial charge >= 0.3 is 6.03 Å². The minimum Gasteiger partial charge on any atom is -0.476 e. The van der Waals surface area contributed by atoms with E-state index in [1.54, 1.807) is 12.1 Å². The number of urea groups is 1. The van der Waals surface area contributed by atoms with E-state index in [2.05, 4.69) is 30.8 Å². The van der Waals surface area contributed by atoms with Crippen LogP contribution >= 0.6 is 0 Å². The van der Waals surface area contributed by atoms with Gasteiger partial charge in [-0.1, -0.05) is 24.3 Å². The van der Waals surface area contributed by atoms with Crippen molar-refractivity contribution in [2.45, 2.75) is 13.5 Å². The van der Waals surface area contributed by atoms with Gasteiger partial charge in [-0.25, -0.2) is 19.2 Å². The Morgan fingerprint density at radius 1 is 1.00 bits per heavy atom. The van der Waals surface area contributed by atoms with Crippen LogP contribution in [0.25, 0.3) is 22.3 Å². The average molecular weight is 546 g/mol. The van der Waals surface area contributed by atoms with Crippen molar-refractivity contribution in [3.8, 4) is 17.1 Å². The molecule has 0 saturated carbocycles. The fraction of sp³-hybridized carbons (Fsp3) is 0.310. The molecule has 1 aliphatic rings. The number of carbonyl (C=O) groups excluding carboxylic acids is 1. The number of hydrogen-bond acceptors (Lipinski definition) is 8. The Kier molecular flexibility index (Phi) is 8.94. The summed E-state index contributed by atoms with van der Waals surface area (Å²) in [5.41, 5.74) is 4.37. The molecule has 0 bridgehead atoms. The van der Waals surface area contributed by atoms with Gasteiger partial charge < -0.3 is 25.4 Å². The maximum absolute atomic E-state index is 13.2. The van der Waals surface area contributed by atoms with Crippen molar-refractivity contribution in [3.63, 3.8) is 0 Å². The van der Waals surface area contributed by atoms with Crippen molar-refractivity contribution >= 4 is 28.7 Å². The average Bonchev–Trinajstić information content (AvgIpc) is 2.98. The van der Waals surface area contributed by atoms with Crippen LogP contribution in [0.4, 0.5) is 20.8 Å². The van der Waals surface area contributed by atoms with Crippen LogP contribution in [0.5, 0.6) is 5.88 Å². The van der Waals surface area contributed by atoms with E-state index in [9.17, 15) is 9.18 Å². The number of nitrogens with one attached hydrogen (secondary N) is 3. The van der Waals surface area contributed by atoms with Crippen LogP contribution in [0.2, 0.25) is 0 Å². The smallest absolute Gasteiger partial charge is 0.319 e. The topological polar surface area (TPSA) is 114 Å². The highest BCUT2D eigenvalue weighted by molar-refractivity contribution is 5.89. The summed E-state index contributed by atoms with van der Waals surface area (Å²) in [6.45, 7) is 7.36. The lowest BCUT2D eigenvalue weighted by Crippen LogP contribution is -2.42. The second kappa shape index (κ2) is 13.1. The van der Waals surface area contributed by atoms with Gasteiger partial charge in [-0.05, 0) is 48.9 Å². The lowest BCUT2D eigenvalue weighted by atomic mass is 10.1. The summed E-state index contributed by atoms with van der Waals surface area (Å²) >= 11 is 0. The fourth-order valence-corrected chi connectivity index (χ4v) is 4.30. The van der Waals surface area contributed by atoms with E-state index in [1.807, 2.05) is 43.3 Å². The molecule has 0 aliphatic carbocycles. The lowest BCUT2D eigenvalue weighted by Gasteiger charge is -2.26. The molecule has 1 aliphatic heterocycles. The van der Waals surface area contributed by atoms with Crippen LogP contribution in [0.15, 0.2) is 60.7 Å². The molecule has 5 rings (SSSR count). The van der Waals surface area contributed by atoms with Crippen LogP contribution in [0, 0.1) is 5.82 Å². The van der Waals surface area contributed by atoms with Gasteiger partial charge in [0.15, 0.2) is 5.52 Å². The van der Waals surface area contributed by atoms with Crippen molar-refractivity contribution in [1.82, 2.24) is 25.2 Å². The van der Waals surface area contributed by atoms with Gasteiger partial charge in [-0.15, -0.1) is 0 Å². The molecule has 1 fully saturated rings. The normalized spacial score (nSPS) is 13.7. The van der Waals surface area contributed by atoms with E-state index in [-0.39, 0.29) is 11.8 Å². The molecule has 1 saturated heterocycles. The van der Waals surface area contributed by atoms with Crippen molar-refractivity contribution < 1.29 is 18.7 Å². The number of aromatic nitrogens is 3. The second-order valence-electron chi connectivity index (χ2n) is 9.24. The first-order chi connectivity index (χ1) is 19.6. The number of carbonyl (C=O) groups is 1. The standard InChI is InChI=1S/C29H32FN7O3/c1-2-40-27-26-25(35-28(36-27)32-19-20-3-7-22(30)8-4-20)12-11-24(34-26)21-5-9-23(10-6-21)33-29(38)31-13-14-37-15-17-39-18-16-37/h3-12H,2,13-19H2,1H3,(H2,31,33,38)(H,32,35,36). The Hall–Kier alpha value is -4.35. The molecule has 40 heavy (non-hydrogen) atoms. The fourth-order valence-electron chi connectivity index (χ4n) is 4.30. The first-order valence-corrected chi connectivity index (χ1v) is 13.3. The molecule has 0 unspecified atom stereocenters. The monoisotopic (exact) mass is 545 g/mol. The summed E-state index contributed by atoms with van der Waals surface area (Å²) in [6.07, 6.45) is 0. The zero-order valence-electron chi connectivity index (χ0n) is 22.3. The van der Waals surface area contributed by atoms with Gasteiger partial charge in [0.1, 0.15) is 5.82 Å². The molecule has 3 N–H and O–H groups in total. The number of fused-ring (bicyclic) bond motifs is 1. The van der Waals surface area contributed by atoms with Gasteiger partial charge in [-0.3, -0.25) is 4.90 Å². The molecule has 3 heterocycles. The summed E-state index contributed by atoms with van der Waals surface area (Å²) in [6, 6.07) is 17.2. The highest BCUT2D eigenvalue weighted by Crippen LogP contribution is 2.27. The van der Waals surface area contributed by atoms with E-state index in [0.717, 1.165) is 49.7 Å². The Balaban J connectivity index is 1.23. The summed E-state index contributed by atoms with van der Waals surface area (Å²) in [7, 11) is 0. The predicted molar refractivity (Wildman–Crippen MR) is 152 cm³/mol. The molecule has 0 radical (unpaired) electrons. The second-order valence-corrected chi connectivity index (χ2v) is 9.24. The molecule has 2 aromatic heterocycles. The number of hydrogen-bond donors (Lipinski definition) is 3. The van der Waals surface area contributed by atoms with Crippen molar-refractivity contribution in [2.24, 2.45) is 0 Å². The highest BCUT2D eigenvalue weighted by atomic mass is 19.1. The first kappa shape index (κ1) is 27.2. The SMILES string of the molecule is CCOc1nc(NCc2ccc(F)cc2)nc2ccc(-c3ccc(NC(=O)NCCN4CCOCC4)cc3)nc12. The van der Waals surface area contributed by atoms with E-state index in [4.69, 9.17) is 14.5 Å². The predicted octanol–water partition coefficient (Wildman–Crippen LogP) is 4.30. The minimum absolute atomic E-state index is 0.243. The number of morpholine rings is 1. The van der Waals surface area contributed by atoms with Gasteiger partial charge in [-0.2, -0.15) is 4.98 Å². The van der Waals surface area contributed by atoms with Crippen molar-refractivity contribution in [3.05, 3.63) is 72.0 Å². The molecular weight excluding hydrogens is 513 g/mol. The van der Waals surface area contributed by atoms with Crippen LogP contribution in [0.3, 0.4) is 0 Å². The van der Waals surface area contributed by atoms with Gasteiger partial charge in [0, 0.05) is 44.0 Å². The van der Waals surface area contributed by atoms with Crippen LogP contribution in [-0.2, 0) is 11.3 Å². The van der Waals surface area contributed by atoms with Gasteiger partial charge in [0.2, 0.25) is 11.8 Å². The van der Waals surface area contributed by atoms with E-state index in [1.165, 1.54) is 12.1 Å². The number of ether oxygens (including phenoxy) is 2.